The maximum Gasteiger partial charge on any atom is 0.143 e. The van der Waals surface area contributed by atoms with Crippen LogP contribution in [0.1, 0.15) is 12.8 Å². The van der Waals surface area contributed by atoms with Gasteiger partial charge in [0.05, 0.1) is 6.10 Å². The first-order chi connectivity index (χ1) is 4.90. The van der Waals surface area contributed by atoms with Crippen LogP contribution in [0.2, 0.25) is 0 Å². The summed E-state index contributed by atoms with van der Waals surface area (Å²) < 4.78 is 5.14. The van der Waals surface area contributed by atoms with E-state index in [2.05, 4.69) is 12.2 Å². The third kappa shape index (κ3) is 0.879. The van der Waals surface area contributed by atoms with Crippen molar-refractivity contribution in [3.05, 3.63) is 12.2 Å². The van der Waals surface area contributed by atoms with E-state index in [1.165, 1.54) is 6.42 Å². The standard InChI is InChI=1S/C8H12O2/c9-5-10-8-4-6-1-2-7(8)3-6/h1-2,6-9H,3-5H2. The summed E-state index contributed by atoms with van der Waals surface area (Å²) in [6, 6.07) is 0. The molecule has 2 heteroatoms. The molecule has 2 aliphatic carbocycles. The van der Waals surface area contributed by atoms with Gasteiger partial charge in [-0.25, -0.2) is 0 Å². The molecule has 0 amide bonds. The van der Waals surface area contributed by atoms with E-state index in [1.807, 2.05) is 0 Å². The smallest absolute Gasteiger partial charge is 0.143 e. The number of hydrogen-bond donors (Lipinski definition) is 1. The van der Waals surface area contributed by atoms with Crippen LogP contribution in [0.4, 0.5) is 0 Å². The second kappa shape index (κ2) is 2.36. The van der Waals surface area contributed by atoms with Crippen molar-refractivity contribution in [2.45, 2.75) is 18.9 Å². The highest BCUT2D eigenvalue weighted by atomic mass is 16.6. The molecule has 2 aliphatic rings. The van der Waals surface area contributed by atoms with Crippen molar-refractivity contribution in [3.8, 4) is 0 Å². The van der Waals surface area contributed by atoms with Gasteiger partial charge in [-0.2, -0.15) is 0 Å². The Hall–Kier alpha value is -0.340. The van der Waals surface area contributed by atoms with Crippen LogP contribution < -0.4 is 0 Å². The molecule has 0 heterocycles. The van der Waals surface area contributed by atoms with Crippen molar-refractivity contribution in [1.29, 1.82) is 0 Å². The fourth-order valence-corrected chi connectivity index (χ4v) is 2.02. The summed E-state index contributed by atoms with van der Waals surface area (Å²) in [5.41, 5.74) is 0. The molecule has 3 atom stereocenters. The van der Waals surface area contributed by atoms with Crippen LogP contribution in [-0.4, -0.2) is 18.0 Å². The predicted molar refractivity (Wildman–Crippen MR) is 37.3 cm³/mol. The molecule has 1 saturated carbocycles. The fourth-order valence-electron chi connectivity index (χ4n) is 2.02. The Morgan fingerprint density at radius 1 is 1.40 bits per heavy atom. The summed E-state index contributed by atoms with van der Waals surface area (Å²) in [5, 5.41) is 8.51. The zero-order valence-electron chi connectivity index (χ0n) is 5.86. The number of hydrogen-bond acceptors (Lipinski definition) is 2. The second-order valence-corrected chi connectivity index (χ2v) is 3.11. The number of aliphatic hydroxyl groups is 1. The van der Waals surface area contributed by atoms with E-state index in [9.17, 15) is 0 Å². The Balaban J connectivity index is 1.96. The van der Waals surface area contributed by atoms with Gasteiger partial charge < -0.3 is 9.84 Å². The highest BCUT2D eigenvalue weighted by molar-refractivity contribution is 5.10. The zero-order valence-corrected chi connectivity index (χ0v) is 5.86. The van der Waals surface area contributed by atoms with Crippen LogP contribution in [0.15, 0.2) is 12.2 Å². The summed E-state index contributed by atoms with van der Waals surface area (Å²) in [6.45, 7) is -0.123. The molecule has 10 heavy (non-hydrogen) atoms. The number of fused-ring (bicyclic) bond motifs is 2. The van der Waals surface area contributed by atoms with Gasteiger partial charge in [-0.05, 0) is 18.8 Å². The number of rotatable bonds is 2. The van der Waals surface area contributed by atoms with E-state index < -0.39 is 0 Å². The molecule has 0 aliphatic heterocycles. The van der Waals surface area contributed by atoms with Crippen LogP contribution in [0, 0.1) is 11.8 Å². The summed E-state index contributed by atoms with van der Waals surface area (Å²) in [7, 11) is 0. The van der Waals surface area contributed by atoms with E-state index in [4.69, 9.17) is 9.84 Å². The lowest BCUT2D eigenvalue weighted by Gasteiger charge is -2.16. The molecule has 2 bridgehead atoms. The fraction of sp³-hybridized carbons (Fsp3) is 0.750. The van der Waals surface area contributed by atoms with Crippen molar-refractivity contribution in [1.82, 2.24) is 0 Å². The molecule has 0 spiro atoms. The van der Waals surface area contributed by atoms with Gasteiger partial charge in [-0.15, -0.1) is 0 Å². The molecule has 3 unspecified atom stereocenters. The Morgan fingerprint density at radius 3 is 2.80 bits per heavy atom. The lowest BCUT2D eigenvalue weighted by Crippen LogP contribution is -2.18. The first-order valence-electron chi connectivity index (χ1n) is 3.81. The SMILES string of the molecule is OCOC1CC2C=CC1C2. The predicted octanol–water partition coefficient (Wildman–Crippen LogP) is 0.917. The van der Waals surface area contributed by atoms with Gasteiger partial charge in [0.25, 0.3) is 0 Å². The van der Waals surface area contributed by atoms with E-state index in [0.717, 1.165) is 12.3 Å². The maximum absolute atomic E-state index is 8.51. The van der Waals surface area contributed by atoms with Crippen LogP contribution in [0.25, 0.3) is 0 Å². The summed E-state index contributed by atoms with van der Waals surface area (Å²) in [5.74, 6) is 1.33. The number of allylic oxidation sites excluding steroid dienone is 1. The number of aliphatic hydroxyl groups excluding tert-OH is 1. The quantitative estimate of drug-likeness (QED) is 0.456. The molecule has 0 aromatic carbocycles. The van der Waals surface area contributed by atoms with E-state index in [0.29, 0.717) is 12.0 Å². The second-order valence-electron chi connectivity index (χ2n) is 3.11. The van der Waals surface area contributed by atoms with Crippen LogP contribution in [-0.2, 0) is 4.74 Å². The normalized spacial score (nSPS) is 43.1. The maximum atomic E-state index is 8.51. The molecule has 0 saturated heterocycles. The van der Waals surface area contributed by atoms with Gasteiger partial charge in [0.2, 0.25) is 0 Å². The molecule has 0 radical (unpaired) electrons. The van der Waals surface area contributed by atoms with E-state index in [1.54, 1.807) is 0 Å². The van der Waals surface area contributed by atoms with Gasteiger partial charge in [0.1, 0.15) is 6.79 Å². The molecule has 0 aromatic heterocycles. The van der Waals surface area contributed by atoms with Gasteiger partial charge in [0.15, 0.2) is 0 Å². The van der Waals surface area contributed by atoms with Gasteiger partial charge in [-0.1, -0.05) is 12.2 Å². The van der Waals surface area contributed by atoms with E-state index in [-0.39, 0.29) is 6.79 Å². The van der Waals surface area contributed by atoms with Gasteiger partial charge >= 0.3 is 0 Å². The lowest BCUT2D eigenvalue weighted by molar-refractivity contribution is -0.0590. The number of ether oxygens (including phenoxy) is 1. The molecular weight excluding hydrogens is 128 g/mol. The Morgan fingerprint density at radius 2 is 2.30 bits per heavy atom. The Labute approximate surface area is 60.5 Å². The van der Waals surface area contributed by atoms with Gasteiger partial charge in [-0.3, -0.25) is 0 Å². The van der Waals surface area contributed by atoms with Crippen molar-refractivity contribution in [3.63, 3.8) is 0 Å². The Bertz CT molecular complexity index is 153. The highest BCUT2D eigenvalue weighted by Crippen LogP contribution is 2.40. The average Bonchev–Trinajstić information content (AvgIpc) is 2.48. The average molecular weight is 140 g/mol. The summed E-state index contributed by atoms with van der Waals surface area (Å²) in [6.07, 6.45) is 7.14. The van der Waals surface area contributed by atoms with Crippen molar-refractivity contribution < 1.29 is 9.84 Å². The minimum absolute atomic E-state index is 0.123. The van der Waals surface area contributed by atoms with Gasteiger partial charge in [0, 0.05) is 5.92 Å². The molecule has 2 rings (SSSR count). The molecule has 56 valence electrons. The van der Waals surface area contributed by atoms with Crippen molar-refractivity contribution in [2.24, 2.45) is 11.8 Å². The highest BCUT2D eigenvalue weighted by Gasteiger charge is 2.35. The monoisotopic (exact) mass is 140 g/mol. The lowest BCUT2D eigenvalue weighted by atomic mass is 10.1. The zero-order chi connectivity index (χ0) is 6.97. The van der Waals surface area contributed by atoms with Crippen LogP contribution in [0.3, 0.4) is 0 Å². The molecule has 1 N–H and O–H groups in total. The molecular formula is C8H12O2. The third-order valence-electron chi connectivity index (χ3n) is 2.51. The minimum Gasteiger partial charge on any atom is -0.371 e. The third-order valence-corrected chi connectivity index (χ3v) is 2.51. The Kier molecular flexibility index (Phi) is 1.51. The largest absolute Gasteiger partial charge is 0.371 e. The molecule has 0 aromatic rings. The summed E-state index contributed by atoms with van der Waals surface area (Å²) >= 11 is 0. The van der Waals surface area contributed by atoms with Crippen molar-refractivity contribution in [2.75, 3.05) is 6.79 Å². The minimum atomic E-state index is -0.123. The van der Waals surface area contributed by atoms with Crippen molar-refractivity contribution >= 4 is 0 Å². The molecule has 1 fully saturated rings. The molecule has 2 nitrogen and oxygen atoms in total. The first kappa shape index (κ1) is 6.38. The topological polar surface area (TPSA) is 29.5 Å². The van der Waals surface area contributed by atoms with E-state index >= 15 is 0 Å². The first-order valence-corrected chi connectivity index (χ1v) is 3.81. The summed E-state index contributed by atoms with van der Waals surface area (Å²) in [4.78, 5) is 0. The van der Waals surface area contributed by atoms with Crippen LogP contribution >= 0.6 is 0 Å². The van der Waals surface area contributed by atoms with Crippen LogP contribution in [0.5, 0.6) is 0 Å².